The summed E-state index contributed by atoms with van der Waals surface area (Å²) in [7, 11) is 0. The molecule has 3 nitrogen and oxygen atoms in total. The molecule has 1 aromatic heterocycles. The van der Waals surface area contributed by atoms with Crippen molar-refractivity contribution in [2.45, 2.75) is 13.0 Å². The lowest BCUT2D eigenvalue weighted by atomic mass is 10.0. The predicted molar refractivity (Wildman–Crippen MR) is 81.5 cm³/mol. The first-order chi connectivity index (χ1) is 10.1. The molecule has 0 saturated carbocycles. The van der Waals surface area contributed by atoms with Crippen molar-refractivity contribution in [1.29, 1.82) is 0 Å². The van der Waals surface area contributed by atoms with Crippen molar-refractivity contribution in [1.82, 2.24) is 5.43 Å². The number of furan rings is 1. The van der Waals surface area contributed by atoms with Crippen LogP contribution in [0.3, 0.4) is 0 Å². The highest BCUT2D eigenvalue weighted by Gasteiger charge is 2.20. The lowest BCUT2D eigenvalue weighted by Crippen LogP contribution is -2.28. The molecule has 0 fully saturated rings. The van der Waals surface area contributed by atoms with Gasteiger partial charge in [0, 0.05) is 10.4 Å². The number of hydrogen-bond donors (Lipinski definition) is 2. The van der Waals surface area contributed by atoms with Crippen molar-refractivity contribution in [3.05, 3.63) is 70.2 Å². The van der Waals surface area contributed by atoms with Gasteiger partial charge in [-0.2, -0.15) is 0 Å². The van der Waals surface area contributed by atoms with E-state index in [9.17, 15) is 4.39 Å². The van der Waals surface area contributed by atoms with Crippen LogP contribution < -0.4 is 11.3 Å². The van der Waals surface area contributed by atoms with Gasteiger partial charge < -0.3 is 4.42 Å². The van der Waals surface area contributed by atoms with Crippen molar-refractivity contribution in [3.63, 3.8) is 0 Å². The minimum absolute atomic E-state index is 0.301. The Labute approximate surface area is 126 Å². The number of nitrogens with one attached hydrogen (secondary N) is 1. The summed E-state index contributed by atoms with van der Waals surface area (Å²) < 4.78 is 19.0. The van der Waals surface area contributed by atoms with E-state index in [1.807, 2.05) is 31.2 Å². The molecule has 0 aliphatic carbocycles. The first-order valence-corrected chi connectivity index (χ1v) is 6.87. The number of hydrogen-bond acceptors (Lipinski definition) is 3. The van der Waals surface area contributed by atoms with Crippen LogP contribution >= 0.6 is 11.6 Å². The van der Waals surface area contributed by atoms with Crippen LogP contribution in [0, 0.1) is 12.7 Å². The zero-order chi connectivity index (χ0) is 15.0. The summed E-state index contributed by atoms with van der Waals surface area (Å²) in [6, 6.07) is 11.6. The molecule has 5 heteroatoms. The smallest absolute Gasteiger partial charge is 0.134 e. The van der Waals surface area contributed by atoms with Gasteiger partial charge in [-0.15, -0.1) is 0 Å². The highest BCUT2D eigenvalue weighted by molar-refractivity contribution is 6.31. The van der Waals surface area contributed by atoms with Gasteiger partial charge in [0.25, 0.3) is 0 Å². The Morgan fingerprint density at radius 3 is 2.71 bits per heavy atom. The van der Waals surface area contributed by atoms with Gasteiger partial charge in [-0.25, -0.2) is 9.82 Å². The molecule has 108 valence electrons. The lowest BCUT2D eigenvalue weighted by molar-refractivity contribution is 0.477. The maximum atomic E-state index is 13.2. The third kappa shape index (κ3) is 2.65. The fourth-order valence-electron chi connectivity index (χ4n) is 2.39. The first-order valence-electron chi connectivity index (χ1n) is 6.49. The molecule has 0 spiro atoms. The number of hydrazine groups is 1. The minimum atomic E-state index is -0.439. The number of rotatable bonds is 3. The minimum Gasteiger partial charge on any atom is -0.459 e. The van der Waals surface area contributed by atoms with Gasteiger partial charge in [-0.1, -0.05) is 29.3 Å². The molecule has 2 aromatic carbocycles. The van der Waals surface area contributed by atoms with E-state index in [1.165, 1.54) is 12.1 Å². The van der Waals surface area contributed by atoms with E-state index in [0.717, 1.165) is 16.5 Å². The molecule has 0 saturated heterocycles. The van der Waals surface area contributed by atoms with Gasteiger partial charge in [-0.05, 0) is 42.8 Å². The molecule has 1 atom stereocenters. The van der Waals surface area contributed by atoms with Gasteiger partial charge in [0.05, 0.1) is 0 Å². The van der Waals surface area contributed by atoms with Crippen LogP contribution in [-0.2, 0) is 0 Å². The average Bonchev–Trinajstić information content (AvgIpc) is 2.84. The average molecular weight is 305 g/mol. The monoisotopic (exact) mass is 304 g/mol. The van der Waals surface area contributed by atoms with Crippen molar-refractivity contribution >= 4 is 22.6 Å². The van der Waals surface area contributed by atoms with Crippen molar-refractivity contribution in [2.24, 2.45) is 5.84 Å². The van der Waals surface area contributed by atoms with Crippen LogP contribution in [0.25, 0.3) is 11.0 Å². The molecular formula is C16H14ClFN2O. The largest absolute Gasteiger partial charge is 0.459 e. The van der Waals surface area contributed by atoms with Crippen molar-refractivity contribution < 1.29 is 8.81 Å². The van der Waals surface area contributed by atoms with E-state index in [2.05, 4.69) is 5.43 Å². The van der Waals surface area contributed by atoms with Gasteiger partial charge in [0.1, 0.15) is 23.2 Å². The molecule has 1 heterocycles. The molecule has 3 rings (SSSR count). The fraction of sp³-hybridized carbons (Fsp3) is 0.125. The van der Waals surface area contributed by atoms with E-state index in [0.29, 0.717) is 16.3 Å². The highest BCUT2D eigenvalue weighted by atomic mass is 35.5. The maximum absolute atomic E-state index is 13.2. The van der Waals surface area contributed by atoms with Crippen LogP contribution in [-0.4, -0.2) is 0 Å². The molecular weight excluding hydrogens is 291 g/mol. The Morgan fingerprint density at radius 2 is 2.00 bits per heavy atom. The molecule has 0 aliphatic heterocycles. The van der Waals surface area contributed by atoms with E-state index in [4.69, 9.17) is 21.9 Å². The molecule has 1 unspecified atom stereocenters. The van der Waals surface area contributed by atoms with Crippen LogP contribution in [0.1, 0.15) is 22.9 Å². The fourth-order valence-corrected chi connectivity index (χ4v) is 2.66. The Balaban J connectivity index is 2.09. The van der Waals surface area contributed by atoms with E-state index < -0.39 is 6.04 Å². The molecule has 3 aromatic rings. The lowest BCUT2D eigenvalue weighted by Gasteiger charge is -2.15. The number of halogens is 2. The molecule has 0 aliphatic rings. The quantitative estimate of drug-likeness (QED) is 0.566. The second-order valence-corrected chi connectivity index (χ2v) is 5.36. The van der Waals surface area contributed by atoms with Gasteiger partial charge in [0.15, 0.2) is 0 Å². The van der Waals surface area contributed by atoms with Crippen LogP contribution in [0.15, 0.2) is 46.9 Å². The Hall–Kier alpha value is -1.88. The summed E-state index contributed by atoms with van der Waals surface area (Å²) in [5.41, 5.74) is 5.25. The van der Waals surface area contributed by atoms with E-state index in [1.54, 1.807) is 6.07 Å². The normalized spacial score (nSPS) is 12.8. The summed E-state index contributed by atoms with van der Waals surface area (Å²) in [6.07, 6.45) is 0. The van der Waals surface area contributed by atoms with Crippen LogP contribution in [0.2, 0.25) is 5.02 Å². The first kappa shape index (κ1) is 14.1. The van der Waals surface area contributed by atoms with Crippen LogP contribution in [0.4, 0.5) is 4.39 Å². The molecule has 0 amide bonds. The predicted octanol–water partition coefficient (Wildman–Crippen LogP) is 4.09. The standard InChI is InChI=1S/C16H14ClFN2O/c1-9-2-5-14-10(6-9)7-15(21-14)16(20-19)12-4-3-11(18)8-13(12)17/h2-8,16,20H,19H2,1H3. The zero-order valence-corrected chi connectivity index (χ0v) is 12.1. The Kier molecular flexibility index (Phi) is 3.68. The Bertz CT molecular complexity index is 800. The second-order valence-electron chi connectivity index (χ2n) is 4.96. The third-order valence-corrected chi connectivity index (χ3v) is 3.74. The second kappa shape index (κ2) is 5.48. The summed E-state index contributed by atoms with van der Waals surface area (Å²) in [4.78, 5) is 0. The van der Waals surface area contributed by atoms with Gasteiger partial charge >= 0.3 is 0 Å². The van der Waals surface area contributed by atoms with Crippen molar-refractivity contribution in [2.75, 3.05) is 0 Å². The highest BCUT2D eigenvalue weighted by Crippen LogP contribution is 2.32. The molecule has 21 heavy (non-hydrogen) atoms. The SMILES string of the molecule is Cc1ccc2oc(C(NN)c3ccc(F)cc3Cl)cc2c1. The molecule has 0 bridgehead atoms. The number of benzene rings is 2. The van der Waals surface area contributed by atoms with Gasteiger partial charge in [0.2, 0.25) is 0 Å². The Morgan fingerprint density at radius 1 is 1.19 bits per heavy atom. The molecule has 0 radical (unpaired) electrons. The topological polar surface area (TPSA) is 51.2 Å². The number of nitrogens with two attached hydrogens (primary N) is 1. The van der Waals surface area contributed by atoms with E-state index in [-0.39, 0.29) is 5.82 Å². The third-order valence-electron chi connectivity index (χ3n) is 3.42. The van der Waals surface area contributed by atoms with Crippen LogP contribution in [0.5, 0.6) is 0 Å². The van der Waals surface area contributed by atoms with E-state index >= 15 is 0 Å². The van der Waals surface area contributed by atoms with Crippen molar-refractivity contribution in [3.8, 4) is 0 Å². The summed E-state index contributed by atoms with van der Waals surface area (Å²) >= 11 is 6.10. The summed E-state index contributed by atoms with van der Waals surface area (Å²) in [5, 5.41) is 1.29. The zero-order valence-electron chi connectivity index (χ0n) is 11.4. The van der Waals surface area contributed by atoms with Gasteiger partial charge in [-0.3, -0.25) is 5.84 Å². The maximum Gasteiger partial charge on any atom is 0.134 e. The summed E-state index contributed by atoms with van der Waals surface area (Å²) in [6.45, 7) is 2.02. The summed E-state index contributed by atoms with van der Waals surface area (Å²) in [5.74, 6) is 5.88. The molecule has 3 N–H and O–H groups in total. The number of aryl methyl sites for hydroxylation is 1. The number of fused-ring (bicyclic) bond motifs is 1.